The number of alkyl halides is 3. The molecule has 2 aliphatic heterocycles. The lowest BCUT2D eigenvalue weighted by Crippen LogP contribution is -2.38. The number of rotatable bonds is 5. The molecule has 2 aromatic rings. The van der Waals surface area contributed by atoms with Gasteiger partial charge >= 0.3 is 6.18 Å². The summed E-state index contributed by atoms with van der Waals surface area (Å²) in [5.41, 5.74) is 1.25. The van der Waals surface area contributed by atoms with Gasteiger partial charge in [-0.25, -0.2) is 4.98 Å². The van der Waals surface area contributed by atoms with E-state index in [2.05, 4.69) is 37.6 Å². The molecule has 1 aromatic carbocycles. The second kappa shape index (κ2) is 10.1. The van der Waals surface area contributed by atoms with Gasteiger partial charge in [-0.15, -0.1) is 0 Å². The van der Waals surface area contributed by atoms with Gasteiger partial charge in [0.05, 0.1) is 0 Å². The molecule has 33 heavy (non-hydrogen) atoms. The number of hydrogen-bond acceptors (Lipinski definition) is 5. The number of hydrogen-bond donors (Lipinski definition) is 2. The van der Waals surface area contributed by atoms with Gasteiger partial charge in [0, 0.05) is 44.0 Å². The number of halogens is 3. The predicted molar refractivity (Wildman–Crippen MR) is 129 cm³/mol. The van der Waals surface area contributed by atoms with E-state index in [1.807, 2.05) is 24.0 Å². The van der Waals surface area contributed by atoms with Crippen LogP contribution in [0.1, 0.15) is 50.3 Å². The van der Waals surface area contributed by atoms with E-state index in [4.69, 9.17) is 12.2 Å². The van der Waals surface area contributed by atoms with Crippen LogP contribution in [0.4, 0.5) is 30.6 Å². The number of thiocarbonyl (C=S) groups is 1. The third-order valence-corrected chi connectivity index (χ3v) is 6.43. The number of benzene rings is 1. The topological polar surface area (TPSA) is 56.3 Å². The average Bonchev–Trinajstić information content (AvgIpc) is 3.32. The second-order valence-electron chi connectivity index (χ2n) is 8.64. The summed E-state index contributed by atoms with van der Waals surface area (Å²) in [5, 5.41) is 5.95. The minimum Gasteiger partial charge on any atom is -0.372 e. The fourth-order valence-corrected chi connectivity index (χ4v) is 4.51. The zero-order valence-corrected chi connectivity index (χ0v) is 19.5. The predicted octanol–water partition coefficient (Wildman–Crippen LogP) is 4.96. The van der Waals surface area contributed by atoms with Crippen LogP contribution < -0.4 is 20.4 Å². The molecular weight excluding hydrogens is 449 g/mol. The Bertz CT molecular complexity index is 960. The lowest BCUT2D eigenvalue weighted by molar-refractivity contribution is -0.141. The van der Waals surface area contributed by atoms with Gasteiger partial charge in [0.15, 0.2) is 10.8 Å². The fourth-order valence-electron chi connectivity index (χ4n) is 4.35. The lowest BCUT2D eigenvalue weighted by atomic mass is 10.0. The summed E-state index contributed by atoms with van der Waals surface area (Å²) in [5.74, 6) is 0.117. The second-order valence-corrected chi connectivity index (χ2v) is 9.05. The van der Waals surface area contributed by atoms with Crippen molar-refractivity contribution >= 4 is 34.8 Å². The Kier molecular flexibility index (Phi) is 7.21. The molecule has 4 rings (SSSR count). The summed E-state index contributed by atoms with van der Waals surface area (Å²) in [4.78, 5) is 12.3. The van der Waals surface area contributed by atoms with Crippen molar-refractivity contribution in [3.8, 4) is 0 Å². The SMILES string of the molecule is CC1CCCCN1c1cc(C(F)(F)F)nc(NC(=S)NCc2ccc(N3CCCC3)cc2)n1. The molecule has 0 radical (unpaired) electrons. The van der Waals surface area contributed by atoms with Gasteiger partial charge in [-0.05, 0) is 68.9 Å². The Morgan fingerprint density at radius 1 is 1.06 bits per heavy atom. The van der Waals surface area contributed by atoms with Crippen molar-refractivity contribution in [3.63, 3.8) is 0 Å². The zero-order valence-electron chi connectivity index (χ0n) is 18.7. The maximum atomic E-state index is 13.5. The first kappa shape index (κ1) is 23.5. The van der Waals surface area contributed by atoms with E-state index in [0.717, 1.165) is 44.0 Å². The zero-order chi connectivity index (χ0) is 23.4. The van der Waals surface area contributed by atoms with Crippen LogP contribution >= 0.6 is 12.2 Å². The summed E-state index contributed by atoms with van der Waals surface area (Å²) in [7, 11) is 0. The third kappa shape index (κ3) is 6.04. The van der Waals surface area contributed by atoms with Crippen molar-refractivity contribution in [1.29, 1.82) is 0 Å². The molecule has 1 unspecified atom stereocenters. The quantitative estimate of drug-likeness (QED) is 0.589. The van der Waals surface area contributed by atoms with E-state index in [0.29, 0.717) is 13.1 Å². The van der Waals surface area contributed by atoms with Gasteiger partial charge < -0.3 is 20.4 Å². The van der Waals surface area contributed by atoms with E-state index in [9.17, 15) is 13.2 Å². The molecule has 1 aromatic heterocycles. The third-order valence-electron chi connectivity index (χ3n) is 6.19. The first-order valence-corrected chi connectivity index (χ1v) is 11.8. The summed E-state index contributed by atoms with van der Waals surface area (Å²) >= 11 is 5.30. The number of nitrogens with one attached hydrogen (secondary N) is 2. The van der Waals surface area contributed by atoms with Gasteiger partial charge in [-0.3, -0.25) is 0 Å². The molecule has 0 amide bonds. The van der Waals surface area contributed by atoms with Crippen molar-refractivity contribution in [2.24, 2.45) is 0 Å². The molecule has 2 aliphatic rings. The lowest BCUT2D eigenvalue weighted by Gasteiger charge is -2.34. The van der Waals surface area contributed by atoms with E-state index >= 15 is 0 Å². The Labute approximate surface area is 197 Å². The van der Waals surface area contributed by atoms with Crippen LogP contribution in [-0.4, -0.2) is 40.8 Å². The molecule has 0 bridgehead atoms. The first-order chi connectivity index (χ1) is 15.8. The van der Waals surface area contributed by atoms with Gasteiger partial charge in [0.1, 0.15) is 5.82 Å². The molecular formula is C23H29F3N6S. The Balaban J connectivity index is 1.41. The van der Waals surface area contributed by atoms with Crippen molar-refractivity contribution in [1.82, 2.24) is 15.3 Å². The molecule has 0 saturated carbocycles. The van der Waals surface area contributed by atoms with Crippen molar-refractivity contribution < 1.29 is 13.2 Å². The smallest absolute Gasteiger partial charge is 0.372 e. The van der Waals surface area contributed by atoms with E-state index < -0.39 is 11.9 Å². The summed E-state index contributed by atoms with van der Waals surface area (Å²) in [6, 6.07) is 9.36. The molecule has 6 nitrogen and oxygen atoms in total. The first-order valence-electron chi connectivity index (χ1n) is 11.4. The van der Waals surface area contributed by atoms with Crippen LogP contribution in [-0.2, 0) is 12.7 Å². The van der Waals surface area contributed by atoms with Crippen molar-refractivity contribution in [2.45, 2.75) is 57.8 Å². The van der Waals surface area contributed by atoms with Crippen LogP contribution in [0, 0.1) is 0 Å². The highest BCUT2D eigenvalue weighted by Gasteiger charge is 2.35. The van der Waals surface area contributed by atoms with Crippen LogP contribution in [0.2, 0.25) is 0 Å². The number of aromatic nitrogens is 2. The molecule has 0 aliphatic carbocycles. The highest BCUT2D eigenvalue weighted by Crippen LogP contribution is 2.32. The largest absolute Gasteiger partial charge is 0.433 e. The molecule has 2 N–H and O–H groups in total. The van der Waals surface area contributed by atoms with Crippen LogP contribution in [0.25, 0.3) is 0 Å². The highest BCUT2D eigenvalue weighted by molar-refractivity contribution is 7.80. The Morgan fingerprint density at radius 3 is 2.42 bits per heavy atom. The maximum Gasteiger partial charge on any atom is 0.433 e. The Morgan fingerprint density at radius 2 is 1.76 bits per heavy atom. The van der Waals surface area contributed by atoms with Crippen LogP contribution in [0.3, 0.4) is 0 Å². The fraction of sp³-hybridized carbons (Fsp3) is 0.522. The summed E-state index contributed by atoms with van der Waals surface area (Å²) in [6.45, 7) is 5.29. The molecule has 2 saturated heterocycles. The van der Waals surface area contributed by atoms with Crippen LogP contribution in [0.15, 0.2) is 30.3 Å². The van der Waals surface area contributed by atoms with Crippen molar-refractivity contribution in [2.75, 3.05) is 34.8 Å². The van der Waals surface area contributed by atoms with E-state index in [-0.39, 0.29) is 22.9 Å². The summed E-state index contributed by atoms with van der Waals surface area (Å²) in [6.07, 6.45) is 0.782. The van der Waals surface area contributed by atoms with Gasteiger partial charge in [0.2, 0.25) is 5.95 Å². The Hall–Kier alpha value is -2.62. The number of piperidine rings is 1. The average molecular weight is 479 g/mol. The van der Waals surface area contributed by atoms with Gasteiger partial charge in [0.25, 0.3) is 0 Å². The summed E-state index contributed by atoms with van der Waals surface area (Å²) < 4.78 is 40.4. The molecule has 3 heterocycles. The molecule has 0 spiro atoms. The molecule has 2 fully saturated rings. The molecule has 10 heteroatoms. The highest BCUT2D eigenvalue weighted by atomic mass is 32.1. The number of anilines is 3. The molecule has 178 valence electrons. The van der Waals surface area contributed by atoms with Gasteiger partial charge in [-0.2, -0.15) is 18.2 Å². The minimum absolute atomic E-state index is 0.121. The van der Waals surface area contributed by atoms with Crippen molar-refractivity contribution in [3.05, 3.63) is 41.6 Å². The maximum absolute atomic E-state index is 13.5. The monoisotopic (exact) mass is 478 g/mol. The van der Waals surface area contributed by atoms with Gasteiger partial charge in [-0.1, -0.05) is 12.1 Å². The standard InChI is InChI=1S/C23H29F3N6S/c1-16-6-2-3-13-32(16)20-14-19(23(24,25)26)28-21(29-20)30-22(33)27-15-17-7-9-18(10-8-17)31-11-4-5-12-31/h7-10,14,16H,2-6,11-13,15H2,1H3,(H2,27,28,29,30,33). The van der Waals surface area contributed by atoms with E-state index in [1.165, 1.54) is 18.5 Å². The normalized spacial score (nSPS) is 19.0. The van der Waals surface area contributed by atoms with E-state index in [1.54, 1.807) is 0 Å². The van der Waals surface area contributed by atoms with Crippen LogP contribution in [0.5, 0.6) is 0 Å². The number of nitrogens with zero attached hydrogens (tertiary/aromatic N) is 4. The minimum atomic E-state index is -4.57. The molecule has 1 atom stereocenters.